The Kier molecular flexibility index (Phi) is 6.26. The molecule has 0 spiro atoms. The maximum Gasteiger partial charge on any atom is 0.407 e. The van der Waals surface area contributed by atoms with E-state index in [-0.39, 0.29) is 30.4 Å². The predicted octanol–water partition coefficient (Wildman–Crippen LogP) is 4.55. The lowest BCUT2D eigenvalue weighted by molar-refractivity contribution is -0.157. The number of fused-ring (bicyclic) bond motifs is 3. The van der Waals surface area contributed by atoms with Crippen molar-refractivity contribution in [2.75, 3.05) is 13.2 Å². The smallest absolute Gasteiger partial charge is 0.407 e. The fourth-order valence-electron chi connectivity index (χ4n) is 6.11. The van der Waals surface area contributed by atoms with Crippen molar-refractivity contribution in [1.29, 1.82) is 0 Å². The molecule has 3 atom stereocenters. The average molecular weight is 477 g/mol. The van der Waals surface area contributed by atoms with Crippen LogP contribution in [0.3, 0.4) is 0 Å². The topological polar surface area (TPSA) is 95.9 Å². The molecule has 2 aromatic carbocycles. The van der Waals surface area contributed by atoms with Crippen molar-refractivity contribution >= 4 is 18.0 Å². The van der Waals surface area contributed by atoms with Gasteiger partial charge in [0.2, 0.25) is 5.91 Å². The minimum absolute atomic E-state index is 0.00213. The number of carbonyl (C=O) groups excluding carboxylic acids is 2. The number of alkyl carbamates (subject to hydrolysis) is 1. The first-order valence-corrected chi connectivity index (χ1v) is 12.5. The van der Waals surface area contributed by atoms with Gasteiger partial charge in [0.05, 0.1) is 0 Å². The fraction of sp³-hybridized carbons (Fsp3) is 0.464. The van der Waals surface area contributed by atoms with Crippen LogP contribution >= 0.6 is 0 Å². The first-order chi connectivity index (χ1) is 16.9. The van der Waals surface area contributed by atoms with Crippen LogP contribution in [0.25, 0.3) is 11.1 Å². The number of likely N-dealkylation sites (tertiary alicyclic amines) is 1. The second kappa shape index (κ2) is 9.36. The second-order valence-corrected chi connectivity index (χ2v) is 10.2. The number of carboxylic acid groups (broad SMARTS) is 1. The van der Waals surface area contributed by atoms with Gasteiger partial charge in [0.15, 0.2) is 0 Å². The molecule has 2 aromatic rings. The number of carbonyl (C=O) groups is 3. The van der Waals surface area contributed by atoms with E-state index in [4.69, 9.17) is 4.74 Å². The second-order valence-electron chi connectivity index (χ2n) is 10.2. The first kappa shape index (κ1) is 23.4. The third kappa shape index (κ3) is 4.28. The molecule has 5 rings (SSSR count). The molecule has 7 heteroatoms. The molecule has 2 N–H and O–H groups in total. The molecule has 7 nitrogen and oxygen atoms in total. The molecule has 1 aliphatic heterocycles. The highest BCUT2D eigenvalue weighted by molar-refractivity contribution is 5.88. The minimum Gasteiger partial charge on any atom is -0.480 e. The van der Waals surface area contributed by atoms with Crippen molar-refractivity contribution < 1.29 is 24.2 Å². The lowest BCUT2D eigenvalue weighted by Crippen LogP contribution is -2.53. The zero-order chi connectivity index (χ0) is 24.6. The van der Waals surface area contributed by atoms with Gasteiger partial charge in [-0.05, 0) is 61.3 Å². The number of hydrogen-bond donors (Lipinski definition) is 2. The summed E-state index contributed by atoms with van der Waals surface area (Å²) < 4.78 is 5.68. The summed E-state index contributed by atoms with van der Waals surface area (Å²) in [5.74, 6) is -1.34. The van der Waals surface area contributed by atoms with Crippen LogP contribution in [0.2, 0.25) is 0 Å². The van der Waals surface area contributed by atoms with Crippen molar-refractivity contribution in [3.05, 3.63) is 59.7 Å². The molecule has 184 valence electrons. The Morgan fingerprint density at radius 3 is 2.34 bits per heavy atom. The molecule has 1 heterocycles. The molecule has 35 heavy (non-hydrogen) atoms. The van der Waals surface area contributed by atoms with Crippen molar-refractivity contribution in [2.24, 2.45) is 5.92 Å². The van der Waals surface area contributed by atoms with Gasteiger partial charge in [-0.25, -0.2) is 9.59 Å². The monoisotopic (exact) mass is 476 g/mol. The number of carboxylic acids is 1. The van der Waals surface area contributed by atoms with Gasteiger partial charge in [-0.2, -0.15) is 0 Å². The Morgan fingerprint density at radius 2 is 1.69 bits per heavy atom. The summed E-state index contributed by atoms with van der Waals surface area (Å²) in [6, 6.07) is 16.3. The van der Waals surface area contributed by atoms with Crippen LogP contribution in [0, 0.1) is 5.92 Å². The Bertz CT molecular complexity index is 1100. The molecule has 3 aliphatic rings. The number of rotatable bonds is 5. The van der Waals surface area contributed by atoms with Gasteiger partial charge in [0, 0.05) is 24.4 Å². The third-order valence-electron chi connectivity index (χ3n) is 8.06. The number of nitrogens with zero attached hydrogens (tertiary/aromatic N) is 1. The van der Waals surface area contributed by atoms with Crippen molar-refractivity contribution in [1.82, 2.24) is 10.2 Å². The normalized spacial score (nSPS) is 25.6. The zero-order valence-electron chi connectivity index (χ0n) is 20.0. The number of nitrogens with one attached hydrogen (secondary N) is 1. The highest BCUT2D eigenvalue weighted by Gasteiger charge is 2.47. The molecule has 2 amide bonds. The quantitative estimate of drug-likeness (QED) is 0.660. The van der Waals surface area contributed by atoms with Gasteiger partial charge in [0.25, 0.3) is 0 Å². The molecule has 2 unspecified atom stereocenters. The number of aliphatic carboxylic acids is 1. The lowest BCUT2D eigenvalue weighted by atomic mass is 9.84. The van der Waals surface area contributed by atoms with Gasteiger partial charge in [-0.15, -0.1) is 0 Å². The summed E-state index contributed by atoms with van der Waals surface area (Å²) >= 11 is 0. The molecule has 2 aliphatic carbocycles. The number of benzene rings is 2. The lowest BCUT2D eigenvalue weighted by Gasteiger charge is -2.36. The molecule has 0 aromatic heterocycles. The molecule has 1 saturated heterocycles. The summed E-state index contributed by atoms with van der Waals surface area (Å²) in [5.41, 5.74) is 3.56. The minimum atomic E-state index is -1.13. The van der Waals surface area contributed by atoms with Crippen molar-refractivity contribution in [3.8, 4) is 11.1 Å². The van der Waals surface area contributed by atoms with E-state index in [1.807, 2.05) is 24.3 Å². The van der Waals surface area contributed by atoms with Crippen LogP contribution in [0.15, 0.2) is 48.5 Å². The van der Waals surface area contributed by atoms with Crippen LogP contribution < -0.4 is 5.32 Å². The van der Waals surface area contributed by atoms with Crippen LogP contribution in [0.5, 0.6) is 0 Å². The largest absolute Gasteiger partial charge is 0.480 e. The van der Waals surface area contributed by atoms with E-state index in [1.165, 1.54) is 16.0 Å². The van der Waals surface area contributed by atoms with E-state index >= 15 is 0 Å². The average Bonchev–Trinajstić information content (AvgIpc) is 3.41. The van der Waals surface area contributed by atoms with E-state index in [0.29, 0.717) is 32.2 Å². The maximum absolute atomic E-state index is 13.2. The van der Waals surface area contributed by atoms with Crippen LogP contribution in [-0.4, -0.2) is 52.7 Å². The standard InChI is InChI=1S/C28H32N2O5/c1-28(26(32)33)14-7-15-30(28)25(31)18-8-6-9-19(16-18)29-27(34)35-17-24-22-12-4-2-10-20(22)21-11-3-5-13-23(21)24/h2-5,10-13,18-19,24H,6-9,14-17H2,1H3,(H,29,34)(H,32,33)/t18?,19?,28-/m0/s1. The molecule has 0 bridgehead atoms. The van der Waals surface area contributed by atoms with E-state index in [2.05, 4.69) is 29.6 Å². The Hall–Kier alpha value is -3.35. The third-order valence-corrected chi connectivity index (χ3v) is 8.06. The van der Waals surface area contributed by atoms with E-state index < -0.39 is 17.6 Å². The van der Waals surface area contributed by atoms with Crippen molar-refractivity contribution in [2.45, 2.75) is 62.9 Å². The SMILES string of the molecule is C[C@@]1(C(=O)O)CCCN1C(=O)C1CCCC(NC(=O)OCC2c3ccccc3-c3ccccc32)C1. The first-order valence-electron chi connectivity index (χ1n) is 12.5. The fourth-order valence-corrected chi connectivity index (χ4v) is 6.11. The number of ether oxygens (including phenoxy) is 1. The Balaban J connectivity index is 1.19. The van der Waals surface area contributed by atoms with Crippen molar-refractivity contribution in [3.63, 3.8) is 0 Å². The van der Waals surface area contributed by atoms with Crippen LogP contribution in [0.1, 0.15) is 62.5 Å². The summed E-state index contributed by atoms with van der Waals surface area (Å²) in [5, 5.41) is 12.6. The van der Waals surface area contributed by atoms with Gasteiger partial charge in [0.1, 0.15) is 12.1 Å². The molecular formula is C28H32N2O5. The number of amides is 2. The summed E-state index contributed by atoms with van der Waals surface area (Å²) in [4.78, 5) is 39.3. The predicted molar refractivity (Wildman–Crippen MR) is 131 cm³/mol. The van der Waals surface area contributed by atoms with E-state index in [0.717, 1.165) is 24.0 Å². The summed E-state index contributed by atoms with van der Waals surface area (Å²) in [7, 11) is 0. The maximum atomic E-state index is 13.2. The Labute approximate surface area is 205 Å². The summed E-state index contributed by atoms with van der Waals surface area (Å²) in [6.45, 7) is 2.36. The highest BCUT2D eigenvalue weighted by atomic mass is 16.5. The van der Waals surface area contributed by atoms with Gasteiger partial charge in [-0.3, -0.25) is 4.79 Å². The van der Waals surface area contributed by atoms with Crippen LogP contribution in [-0.2, 0) is 14.3 Å². The molecule has 0 radical (unpaired) electrons. The van der Waals surface area contributed by atoms with E-state index in [1.54, 1.807) is 6.92 Å². The van der Waals surface area contributed by atoms with Gasteiger partial charge >= 0.3 is 12.1 Å². The molecular weight excluding hydrogens is 444 g/mol. The van der Waals surface area contributed by atoms with E-state index in [9.17, 15) is 19.5 Å². The summed E-state index contributed by atoms with van der Waals surface area (Å²) in [6.07, 6.45) is 3.52. The molecule has 2 fully saturated rings. The van der Waals surface area contributed by atoms with Gasteiger partial charge in [-0.1, -0.05) is 55.0 Å². The van der Waals surface area contributed by atoms with Gasteiger partial charge < -0.3 is 20.1 Å². The zero-order valence-corrected chi connectivity index (χ0v) is 20.0. The number of hydrogen-bond acceptors (Lipinski definition) is 4. The van der Waals surface area contributed by atoms with Crippen LogP contribution in [0.4, 0.5) is 4.79 Å². The molecule has 1 saturated carbocycles. The Morgan fingerprint density at radius 1 is 1.03 bits per heavy atom. The highest BCUT2D eigenvalue weighted by Crippen LogP contribution is 2.44.